The summed E-state index contributed by atoms with van der Waals surface area (Å²) in [5, 5.41) is 9.46. The first kappa shape index (κ1) is 25.5. The predicted octanol–water partition coefficient (Wildman–Crippen LogP) is 5.27. The minimum absolute atomic E-state index is 0.0165. The van der Waals surface area contributed by atoms with E-state index in [4.69, 9.17) is 14.6 Å². The minimum atomic E-state index is -0.607. The lowest BCUT2D eigenvalue weighted by Crippen LogP contribution is -2.25. The van der Waals surface area contributed by atoms with Gasteiger partial charge < -0.3 is 14.8 Å². The van der Waals surface area contributed by atoms with Crippen LogP contribution in [0.25, 0.3) is 0 Å². The summed E-state index contributed by atoms with van der Waals surface area (Å²) in [5.41, 5.74) is 3.60. The lowest BCUT2D eigenvalue weighted by atomic mass is 9.98. The van der Waals surface area contributed by atoms with Gasteiger partial charge in [-0.2, -0.15) is 10.1 Å². The third-order valence-electron chi connectivity index (χ3n) is 6.26. The summed E-state index contributed by atoms with van der Waals surface area (Å²) in [6.07, 6.45) is 0.676. The molecule has 2 aliphatic rings. The van der Waals surface area contributed by atoms with Gasteiger partial charge in [0.05, 0.1) is 25.5 Å². The first-order valence-corrected chi connectivity index (χ1v) is 13.3. The summed E-state index contributed by atoms with van der Waals surface area (Å²) in [6.45, 7) is 2.49. The summed E-state index contributed by atoms with van der Waals surface area (Å²) in [4.78, 5) is 29.9. The van der Waals surface area contributed by atoms with Crippen LogP contribution in [0.3, 0.4) is 0 Å². The van der Waals surface area contributed by atoms with Crippen LogP contribution in [0, 0.1) is 0 Å². The van der Waals surface area contributed by atoms with Gasteiger partial charge in [0.25, 0.3) is 5.91 Å². The molecule has 9 heteroatoms. The van der Waals surface area contributed by atoms with E-state index >= 15 is 0 Å². The van der Waals surface area contributed by atoms with Gasteiger partial charge in [0, 0.05) is 18.5 Å². The van der Waals surface area contributed by atoms with Crippen LogP contribution in [0.15, 0.2) is 89.0 Å². The van der Waals surface area contributed by atoms with Crippen molar-refractivity contribution >= 4 is 40.1 Å². The fourth-order valence-electron chi connectivity index (χ4n) is 4.37. The summed E-state index contributed by atoms with van der Waals surface area (Å²) in [6, 6.07) is 24.9. The maximum Gasteiger partial charge on any atom is 0.262 e. The summed E-state index contributed by atoms with van der Waals surface area (Å²) in [7, 11) is 1.64. The summed E-state index contributed by atoms with van der Waals surface area (Å²) < 4.78 is 10.7. The van der Waals surface area contributed by atoms with Gasteiger partial charge in [-0.05, 0) is 66.6 Å². The number of carbonyl (C=O) groups excluding carboxylic acids is 2. The highest BCUT2D eigenvalue weighted by Crippen LogP contribution is 2.38. The monoisotopic (exact) mass is 528 g/mol. The van der Waals surface area contributed by atoms with Gasteiger partial charge in [0.15, 0.2) is 5.17 Å². The van der Waals surface area contributed by atoms with E-state index in [1.54, 1.807) is 31.4 Å². The SMILES string of the molecule is CCOc1ccc(NC(=O)C[C@H]2SC(N3N=C(c4ccc(OC)cc4)C[C@@H]3c3ccccc3)=NC2=O)cc1. The van der Waals surface area contributed by atoms with Gasteiger partial charge in [-0.25, -0.2) is 5.01 Å². The third kappa shape index (κ3) is 5.73. The van der Waals surface area contributed by atoms with Crippen molar-refractivity contribution in [3.63, 3.8) is 0 Å². The number of nitrogens with one attached hydrogen (secondary N) is 1. The molecule has 0 bridgehead atoms. The number of methoxy groups -OCH3 is 1. The largest absolute Gasteiger partial charge is 0.497 e. The summed E-state index contributed by atoms with van der Waals surface area (Å²) in [5.74, 6) is 0.932. The van der Waals surface area contributed by atoms with E-state index < -0.39 is 5.25 Å². The molecule has 0 fully saturated rings. The molecular weight excluding hydrogens is 500 g/mol. The van der Waals surface area contributed by atoms with Crippen molar-refractivity contribution in [3.05, 3.63) is 90.0 Å². The van der Waals surface area contributed by atoms with Gasteiger partial charge >= 0.3 is 0 Å². The second-order valence-corrected chi connectivity index (χ2v) is 9.97. The number of benzene rings is 3. The Bertz CT molecular complexity index is 1360. The van der Waals surface area contributed by atoms with Crippen LogP contribution in [0.1, 0.15) is 36.9 Å². The Kier molecular flexibility index (Phi) is 7.74. The number of hydrogen-bond donors (Lipinski definition) is 1. The standard InChI is InChI=1S/C29H28N4O4S/c1-3-37-23-15-11-21(12-16-23)30-27(34)18-26-28(35)31-29(38-26)33-25(20-7-5-4-6-8-20)17-24(32-33)19-9-13-22(36-2)14-10-19/h4-16,25-26H,3,17-18H2,1-2H3,(H,30,34)/t25-,26-/m1/s1. The highest BCUT2D eigenvalue weighted by atomic mass is 32.2. The zero-order valence-electron chi connectivity index (χ0n) is 21.2. The molecule has 8 nitrogen and oxygen atoms in total. The van der Waals surface area contributed by atoms with Gasteiger partial charge in [-0.15, -0.1) is 0 Å². The van der Waals surface area contributed by atoms with E-state index in [1.165, 1.54) is 11.8 Å². The lowest BCUT2D eigenvalue weighted by Gasteiger charge is -2.23. The van der Waals surface area contributed by atoms with Crippen molar-refractivity contribution in [1.82, 2.24) is 5.01 Å². The van der Waals surface area contributed by atoms with Crippen LogP contribution in [-0.4, -0.2) is 46.7 Å². The number of nitrogens with zero attached hydrogens (tertiary/aromatic N) is 3. The second-order valence-electron chi connectivity index (χ2n) is 8.80. The molecule has 2 amide bonds. The average Bonchev–Trinajstić information content (AvgIpc) is 3.54. The molecule has 2 heterocycles. The van der Waals surface area contributed by atoms with Crippen molar-refractivity contribution in [2.75, 3.05) is 19.0 Å². The first-order valence-electron chi connectivity index (χ1n) is 12.4. The molecule has 0 unspecified atom stereocenters. The molecule has 0 aromatic heterocycles. The zero-order valence-corrected chi connectivity index (χ0v) is 22.0. The highest BCUT2D eigenvalue weighted by Gasteiger charge is 2.39. The van der Waals surface area contributed by atoms with Crippen LogP contribution in [0.2, 0.25) is 0 Å². The highest BCUT2D eigenvalue weighted by molar-refractivity contribution is 8.15. The van der Waals surface area contributed by atoms with Crippen LogP contribution in [0.5, 0.6) is 11.5 Å². The smallest absolute Gasteiger partial charge is 0.262 e. The number of anilines is 1. The maximum absolute atomic E-state index is 12.8. The van der Waals surface area contributed by atoms with E-state index in [2.05, 4.69) is 10.3 Å². The number of hydrogen-bond acceptors (Lipinski definition) is 7. The molecule has 194 valence electrons. The number of amidine groups is 1. The third-order valence-corrected chi connectivity index (χ3v) is 7.40. The first-order chi connectivity index (χ1) is 18.5. The Morgan fingerprint density at radius 1 is 1.03 bits per heavy atom. The zero-order chi connectivity index (χ0) is 26.5. The Hall–Kier alpha value is -4.11. The van der Waals surface area contributed by atoms with E-state index in [0.717, 1.165) is 28.3 Å². The number of thioether (sulfide) groups is 1. The minimum Gasteiger partial charge on any atom is -0.497 e. The Morgan fingerprint density at radius 3 is 2.42 bits per heavy atom. The molecule has 0 saturated carbocycles. The van der Waals surface area contributed by atoms with Gasteiger partial charge in [0.2, 0.25) is 5.91 Å². The molecule has 3 aromatic rings. The molecule has 0 aliphatic carbocycles. The van der Waals surface area contributed by atoms with Gasteiger partial charge in [-0.3, -0.25) is 9.59 Å². The predicted molar refractivity (Wildman–Crippen MR) is 150 cm³/mol. The van der Waals surface area contributed by atoms with Crippen molar-refractivity contribution in [2.45, 2.75) is 31.1 Å². The molecule has 2 aliphatic heterocycles. The van der Waals surface area contributed by atoms with Gasteiger partial charge in [0.1, 0.15) is 16.7 Å². The maximum atomic E-state index is 12.8. The van der Waals surface area contributed by atoms with E-state index in [0.29, 0.717) is 23.9 Å². The van der Waals surface area contributed by atoms with E-state index in [-0.39, 0.29) is 24.3 Å². The van der Waals surface area contributed by atoms with E-state index in [1.807, 2.05) is 66.5 Å². The molecule has 0 spiro atoms. The Balaban J connectivity index is 1.30. The number of carbonyl (C=O) groups is 2. The van der Waals surface area contributed by atoms with Gasteiger partial charge in [-0.1, -0.05) is 42.1 Å². The number of aliphatic imine (C=N–C) groups is 1. The molecule has 0 radical (unpaired) electrons. The molecule has 1 N–H and O–H groups in total. The normalized spacial score (nSPS) is 18.7. The Labute approximate surface area is 225 Å². The van der Waals surface area contributed by atoms with Crippen LogP contribution in [-0.2, 0) is 9.59 Å². The van der Waals surface area contributed by atoms with E-state index in [9.17, 15) is 9.59 Å². The van der Waals surface area contributed by atoms with Crippen molar-refractivity contribution in [3.8, 4) is 11.5 Å². The van der Waals surface area contributed by atoms with Crippen molar-refractivity contribution in [2.24, 2.45) is 10.1 Å². The number of ether oxygens (including phenoxy) is 2. The quantitative estimate of drug-likeness (QED) is 0.428. The fourth-order valence-corrected chi connectivity index (χ4v) is 5.43. The number of hydrazone groups is 1. The number of rotatable bonds is 8. The van der Waals surface area contributed by atoms with Crippen LogP contribution < -0.4 is 14.8 Å². The van der Waals surface area contributed by atoms with Crippen molar-refractivity contribution in [1.29, 1.82) is 0 Å². The topological polar surface area (TPSA) is 92.6 Å². The fraction of sp³-hybridized carbons (Fsp3) is 0.241. The van der Waals surface area contributed by atoms with Crippen molar-refractivity contribution < 1.29 is 19.1 Å². The molecule has 0 saturated heterocycles. The van der Waals surface area contributed by atoms with Crippen LogP contribution in [0.4, 0.5) is 5.69 Å². The number of amides is 2. The summed E-state index contributed by atoms with van der Waals surface area (Å²) >= 11 is 1.28. The molecule has 2 atom stereocenters. The average molecular weight is 529 g/mol. The van der Waals surface area contributed by atoms with Crippen LogP contribution >= 0.6 is 11.8 Å². The molecular formula is C29H28N4O4S. The lowest BCUT2D eigenvalue weighted by molar-refractivity contribution is -0.121. The molecule has 5 rings (SSSR count). The molecule has 3 aromatic carbocycles. The second kappa shape index (κ2) is 11.5. The Morgan fingerprint density at radius 2 is 1.74 bits per heavy atom. The molecule has 38 heavy (non-hydrogen) atoms.